The van der Waals surface area contributed by atoms with E-state index < -0.39 is 0 Å². The lowest BCUT2D eigenvalue weighted by atomic mass is 10.3. The van der Waals surface area contributed by atoms with E-state index in [2.05, 4.69) is 14.7 Å². The molecule has 2 aromatic rings. The van der Waals surface area contributed by atoms with Gasteiger partial charge < -0.3 is 9.64 Å². The number of hydrogen-bond donors (Lipinski definition) is 0. The van der Waals surface area contributed by atoms with E-state index in [1.807, 2.05) is 35.7 Å². The Bertz CT molecular complexity index is 542. The molecule has 0 spiro atoms. The van der Waals surface area contributed by atoms with E-state index in [9.17, 15) is 4.79 Å². The molecule has 0 aliphatic heterocycles. The summed E-state index contributed by atoms with van der Waals surface area (Å²) in [6, 6.07) is 3.93. The van der Waals surface area contributed by atoms with Crippen molar-refractivity contribution >= 4 is 22.4 Å². The molecule has 5 nitrogen and oxygen atoms in total. The first-order chi connectivity index (χ1) is 9.19. The van der Waals surface area contributed by atoms with Gasteiger partial charge in [-0.3, -0.25) is 9.78 Å². The fourth-order valence-electron chi connectivity index (χ4n) is 1.61. The second-order valence-electron chi connectivity index (χ2n) is 4.09. The number of methoxy groups -OCH3 is 1. The molecule has 19 heavy (non-hydrogen) atoms. The molecule has 0 aliphatic rings. The Hall–Kier alpha value is -1.95. The Labute approximate surface area is 115 Å². The average Bonchev–Trinajstić information content (AvgIpc) is 2.88. The van der Waals surface area contributed by atoms with E-state index in [1.165, 1.54) is 18.4 Å². The van der Waals surface area contributed by atoms with Crippen LogP contribution in [0.2, 0.25) is 0 Å². The normalized spacial score (nSPS) is 10.2. The summed E-state index contributed by atoms with van der Waals surface area (Å²) in [5, 5.41) is 2.76. The van der Waals surface area contributed by atoms with Crippen molar-refractivity contribution in [3.05, 3.63) is 41.2 Å². The molecule has 0 N–H and O–H groups in total. The Morgan fingerprint density at radius 2 is 2.37 bits per heavy atom. The minimum absolute atomic E-state index is 0.216. The van der Waals surface area contributed by atoms with Crippen molar-refractivity contribution in [3.8, 4) is 0 Å². The van der Waals surface area contributed by atoms with Gasteiger partial charge in [0.1, 0.15) is 0 Å². The summed E-state index contributed by atoms with van der Waals surface area (Å²) in [5.74, 6) is -0.272. The quantitative estimate of drug-likeness (QED) is 0.781. The van der Waals surface area contributed by atoms with E-state index in [1.54, 1.807) is 6.20 Å². The highest BCUT2D eigenvalue weighted by Crippen LogP contribution is 2.21. The highest BCUT2D eigenvalue weighted by molar-refractivity contribution is 7.13. The molecule has 0 fully saturated rings. The monoisotopic (exact) mass is 277 g/mol. The maximum atomic E-state index is 11.2. The smallest absolute Gasteiger partial charge is 0.311 e. The summed E-state index contributed by atoms with van der Waals surface area (Å²) in [7, 11) is 3.35. The summed E-state index contributed by atoms with van der Waals surface area (Å²) in [4.78, 5) is 21.7. The number of anilines is 1. The highest BCUT2D eigenvalue weighted by Gasteiger charge is 2.10. The fraction of sp³-hybridized carbons (Fsp3) is 0.308. The van der Waals surface area contributed by atoms with Gasteiger partial charge in [-0.05, 0) is 11.6 Å². The van der Waals surface area contributed by atoms with Crippen molar-refractivity contribution in [1.29, 1.82) is 0 Å². The molecule has 2 heterocycles. The van der Waals surface area contributed by atoms with Gasteiger partial charge in [-0.25, -0.2) is 4.98 Å². The summed E-state index contributed by atoms with van der Waals surface area (Å²) >= 11 is 1.52. The average molecular weight is 277 g/mol. The minimum Gasteiger partial charge on any atom is -0.469 e. The van der Waals surface area contributed by atoms with Crippen LogP contribution in [0.1, 0.15) is 11.3 Å². The van der Waals surface area contributed by atoms with Crippen LogP contribution in [-0.2, 0) is 22.5 Å². The molecule has 0 saturated heterocycles. The van der Waals surface area contributed by atoms with E-state index in [0.29, 0.717) is 0 Å². The third kappa shape index (κ3) is 3.75. The van der Waals surface area contributed by atoms with E-state index in [-0.39, 0.29) is 12.4 Å². The van der Waals surface area contributed by atoms with Gasteiger partial charge in [0.2, 0.25) is 0 Å². The summed E-state index contributed by atoms with van der Waals surface area (Å²) in [6.45, 7) is 0.735. The SMILES string of the molecule is COC(=O)Cc1csc(N(C)Cc2cccnc2)n1. The summed E-state index contributed by atoms with van der Waals surface area (Å²) in [5.41, 5.74) is 1.86. The maximum Gasteiger partial charge on any atom is 0.311 e. The second kappa shape index (κ2) is 6.29. The molecular formula is C13H15N3O2S. The van der Waals surface area contributed by atoms with Crippen LogP contribution in [0.4, 0.5) is 5.13 Å². The number of carbonyl (C=O) groups excluding carboxylic acids is 1. The van der Waals surface area contributed by atoms with Gasteiger partial charge in [0.25, 0.3) is 0 Å². The Kier molecular flexibility index (Phi) is 4.46. The van der Waals surface area contributed by atoms with Crippen LogP contribution in [0.3, 0.4) is 0 Å². The molecule has 0 radical (unpaired) electrons. The number of ether oxygens (including phenoxy) is 1. The van der Waals surface area contributed by atoms with E-state index in [4.69, 9.17) is 0 Å². The number of nitrogens with zero attached hydrogens (tertiary/aromatic N) is 3. The van der Waals surface area contributed by atoms with Crippen LogP contribution in [0.15, 0.2) is 29.9 Å². The van der Waals surface area contributed by atoms with Crippen molar-refractivity contribution in [3.63, 3.8) is 0 Å². The number of esters is 1. The zero-order valence-corrected chi connectivity index (χ0v) is 11.7. The van der Waals surface area contributed by atoms with Crippen LogP contribution in [0, 0.1) is 0 Å². The van der Waals surface area contributed by atoms with Crippen LogP contribution in [-0.4, -0.2) is 30.1 Å². The standard InChI is InChI=1S/C13H15N3O2S/c1-16(8-10-4-3-5-14-7-10)13-15-11(9-19-13)6-12(17)18-2/h3-5,7,9H,6,8H2,1-2H3. The number of pyridine rings is 1. The van der Waals surface area contributed by atoms with E-state index in [0.717, 1.165) is 22.9 Å². The number of thiazole rings is 1. The molecule has 0 aromatic carbocycles. The van der Waals surface area contributed by atoms with Crippen molar-refractivity contribution in [2.75, 3.05) is 19.1 Å². The topological polar surface area (TPSA) is 55.3 Å². The van der Waals surface area contributed by atoms with Crippen LogP contribution >= 0.6 is 11.3 Å². The van der Waals surface area contributed by atoms with Crippen molar-refractivity contribution in [2.24, 2.45) is 0 Å². The zero-order valence-electron chi connectivity index (χ0n) is 10.9. The molecule has 0 aliphatic carbocycles. The van der Waals surface area contributed by atoms with Crippen LogP contribution in [0.25, 0.3) is 0 Å². The molecular weight excluding hydrogens is 262 g/mol. The maximum absolute atomic E-state index is 11.2. The first-order valence-electron chi connectivity index (χ1n) is 5.80. The number of hydrogen-bond acceptors (Lipinski definition) is 6. The van der Waals surface area contributed by atoms with Crippen molar-refractivity contribution < 1.29 is 9.53 Å². The highest BCUT2D eigenvalue weighted by atomic mass is 32.1. The number of carbonyl (C=O) groups is 1. The second-order valence-corrected chi connectivity index (χ2v) is 4.93. The van der Waals surface area contributed by atoms with Crippen LogP contribution in [0.5, 0.6) is 0 Å². The minimum atomic E-state index is -0.272. The first kappa shape index (κ1) is 13.5. The van der Waals surface area contributed by atoms with Gasteiger partial charge in [0, 0.05) is 31.4 Å². The lowest BCUT2D eigenvalue weighted by Gasteiger charge is -2.15. The van der Waals surface area contributed by atoms with Crippen LogP contribution < -0.4 is 4.90 Å². The van der Waals surface area contributed by atoms with Crippen molar-refractivity contribution in [1.82, 2.24) is 9.97 Å². The fourth-order valence-corrected chi connectivity index (χ4v) is 2.40. The number of rotatable bonds is 5. The lowest BCUT2D eigenvalue weighted by molar-refractivity contribution is -0.139. The Balaban J connectivity index is 2.00. The predicted octanol–water partition coefficient (Wildman–Crippen LogP) is 1.89. The summed E-state index contributed by atoms with van der Waals surface area (Å²) in [6.07, 6.45) is 3.80. The third-order valence-electron chi connectivity index (χ3n) is 2.56. The first-order valence-corrected chi connectivity index (χ1v) is 6.68. The Morgan fingerprint density at radius 3 is 3.05 bits per heavy atom. The molecule has 0 bridgehead atoms. The van der Waals surface area contributed by atoms with Gasteiger partial charge in [0.05, 0.1) is 19.2 Å². The van der Waals surface area contributed by atoms with Gasteiger partial charge in [-0.15, -0.1) is 11.3 Å². The van der Waals surface area contributed by atoms with Gasteiger partial charge in [-0.2, -0.15) is 0 Å². The molecule has 100 valence electrons. The third-order valence-corrected chi connectivity index (χ3v) is 3.57. The van der Waals surface area contributed by atoms with Gasteiger partial charge >= 0.3 is 5.97 Å². The van der Waals surface area contributed by atoms with Gasteiger partial charge in [0.15, 0.2) is 5.13 Å². The van der Waals surface area contributed by atoms with Gasteiger partial charge in [-0.1, -0.05) is 6.07 Å². The lowest BCUT2D eigenvalue weighted by Crippen LogP contribution is -2.16. The number of aromatic nitrogens is 2. The molecule has 0 saturated carbocycles. The molecule has 2 rings (SSSR count). The molecule has 0 atom stereocenters. The Morgan fingerprint density at radius 1 is 1.53 bits per heavy atom. The predicted molar refractivity (Wildman–Crippen MR) is 74.2 cm³/mol. The molecule has 6 heteroatoms. The molecule has 0 amide bonds. The van der Waals surface area contributed by atoms with Crippen molar-refractivity contribution in [2.45, 2.75) is 13.0 Å². The van der Waals surface area contributed by atoms with E-state index >= 15 is 0 Å². The zero-order chi connectivity index (χ0) is 13.7. The largest absolute Gasteiger partial charge is 0.469 e. The molecule has 2 aromatic heterocycles. The summed E-state index contributed by atoms with van der Waals surface area (Å²) < 4.78 is 4.62. The molecule has 0 unspecified atom stereocenters.